The first-order valence-electron chi connectivity index (χ1n) is 7.74. The molecule has 2 aromatic carbocycles. The molecule has 24 heavy (non-hydrogen) atoms. The van der Waals surface area contributed by atoms with Crippen LogP contribution in [0.5, 0.6) is 0 Å². The second-order valence-electron chi connectivity index (χ2n) is 5.92. The fraction of sp³-hybridized carbons (Fsp3) is 0.222. The van der Waals surface area contributed by atoms with Crippen molar-refractivity contribution in [2.24, 2.45) is 4.99 Å². The lowest BCUT2D eigenvalue weighted by atomic mass is 9.97. The quantitative estimate of drug-likeness (QED) is 0.869. The largest absolute Gasteiger partial charge is 0.371 e. The van der Waals surface area contributed by atoms with E-state index in [-0.39, 0.29) is 5.56 Å². The normalized spacial score (nSPS) is 19.7. The van der Waals surface area contributed by atoms with Gasteiger partial charge in [-0.3, -0.25) is 4.79 Å². The van der Waals surface area contributed by atoms with E-state index in [2.05, 4.69) is 4.99 Å². The Morgan fingerprint density at radius 3 is 2.67 bits per heavy atom. The van der Waals surface area contributed by atoms with Crippen LogP contribution in [0.4, 0.5) is 15.8 Å². The lowest BCUT2D eigenvalue weighted by Crippen LogP contribution is -2.46. The minimum absolute atomic E-state index is 0.271. The molecule has 5 nitrogen and oxygen atoms in total. The fourth-order valence-corrected chi connectivity index (χ4v) is 3.27. The number of rotatable bonds is 1. The van der Waals surface area contributed by atoms with Crippen LogP contribution in [0, 0.1) is 5.82 Å². The molecule has 1 amide bonds. The number of aliphatic hydroxyl groups is 1. The molecule has 0 fully saturated rings. The summed E-state index contributed by atoms with van der Waals surface area (Å²) in [5.74, 6) is -0.922. The number of hydrogen-bond acceptors (Lipinski definition) is 4. The van der Waals surface area contributed by atoms with Gasteiger partial charge in [-0.2, -0.15) is 0 Å². The predicted octanol–water partition coefficient (Wildman–Crippen LogP) is 1.78. The summed E-state index contributed by atoms with van der Waals surface area (Å²) in [6.45, 7) is 1.11. The number of carbonyl (C=O) groups is 1. The number of halogens is 1. The molecule has 2 aliphatic heterocycles. The summed E-state index contributed by atoms with van der Waals surface area (Å²) in [7, 11) is 1.94. The average Bonchev–Trinajstić information content (AvgIpc) is 2.69. The van der Waals surface area contributed by atoms with Gasteiger partial charge in [-0.25, -0.2) is 9.38 Å². The number of hydrogen-bond donors (Lipinski definition) is 1. The molecular weight excluding hydrogens is 309 g/mol. The van der Waals surface area contributed by atoms with Gasteiger partial charge in [-0.1, -0.05) is 24.3 Å². The molecule has 0 aliphatic carbocycles. The monoisotopic (exact) mass is 325 g/mol. The maximum atomic E-state index is 14.3. The molecule has 0 spiro atoms. The molecule has 0 aromatic heterocycles. The zero-order chi connectivity index (χ0) is 16.8. The number of carbonyl (C=O) groups excluding carboxylic acids is 1. The number of aliphatic imine (C=N–C) groups is 1. The van der Waals surface area contributed by atoms with E-state index in [1.807, 2.05) is 30.1 Å². The SMILES string of the molecule is CN1CCN2C(=O)C(O)N=C(c3ccccc3F)c3cccc1c32. The van der Waals surface area contributed by atoms with Gasteiger partial charge in [-0.05, 0) is 18.2 Å². The maximum Gasteiger partial charge on any atom is 0.278 e. The van der Waals surface area contributed by atoms with Crippen molar-refractivity contribution in [3.8, 4) is 0 Å². The van der Waals surface area contributed by atoms with E-state index in [0.29, 0.717) is 30.1 Å². The number of amides is 1. The Bertz CT molecular complexity index is 865. The van der Waals surface area contributed by atoms with Crippen molar-refractivity contribution in [1.29, 1.82) is 0 Å². The summed E-state index contributed by atoms with van der Waals surface area (Å²) in [5, 5.41) is 10.2. The van der Waals surface area contributed by atoms with Crippen molar-refractivity contribution in [2.45, 2.75) is 6.23 Å². The smallest absolute Gasteiger partial charge is 0.278 e. The van der Waals surface area contributed by atoms with Gasteiger partial charge in [0.2, 0.25) is 6.23 Å². The Morgan fingerprint density at radius 2 is 1.88 bits per heavy atom. The highest BCUT2D eigenvalue weighted by Gasteiger charge is 2.35. The Hall–Kier alpha value is -2.73. The number of likely N-dealkylation sites (N-methyl/N-ethyl adjacent to an activating group) is 1. The number of nitrogens with zero attached hydrogens (tertiary/aromatic N) is 3. The van der Waals surface area contributed by atoms with Crippen molar-refractivity contribution in [3.63, 3.8) is 0 Å². The third-order valence-electron chi connectivity index (χ3n) is 4.48. The lowest BCUT2D eigenvalue weighted by molar-refractivity contribution is -0.126. The van der Waals surface area contributed by atoms with E-state index in [9.17, 15) is 14.3 Å². The van der Waals surface area contributed by atoms with Crippen molar-refractivity contribution in [2.75, 3.05) is 29.9 Å². The third kappa shape index (κ3) is 2.11. The van der Waals surface area contributed by atoms with Gasteiger partial charge >= 0.3 is 0 Å². The van der Waals surface area contributed by atoms with Crippen LogP contribution >= 0.6 is 0 Å². The van der Waals surface area contributed by atoms with Gasteiger partial charge in [0.1, 0.15) is 5.82 Å². The summed E-state index contributed by atoms with van der Waals surface area (Å²) in [6, 6.07) is 11.8. The van der Waals surface area contributed by atoms with Gasteiger partial charge in [0.05, 0.1) is 17.1 Å². The highest BCUT2D eigenvalue weighted by atomic mass is 19.1. The topological polar surface area (TPSA) is 56.1 Å². The number of anilines is 2. The molecule has 122 valence electrons. The van der Waals surface area contributed by atoms with Crippen LogP contribution in [-0.4, -0.2) is 43.1 Å². The highest BCUT2D eigenvalue weighted by Crippen LogP contribution is 2.39. The van der Waals surface area contributed by atoms with Crippen molar-refractivity contribution in [3.05, 3.63) is 59.4 Å². The fourth-order valence-electron chi connectivity index (χ4n) is 3.27. The second-order valence-corrected chi connectivity index (χ2v) is 5.92. The zero-order valence-electron chi connectivity index (χ0n) is 13.1. The highest BCUT2D eigenvalue weighted by molar-refractivity contribution is 6.21. The van der Waals surface area contributed by atoms with E-state index < -0.39 is 18.0 Å². The van der Waals surface area contributed by atoms with E-state index in [1.54, 1.807) is 23.1 Å². The molecule has 1 atom stereocenters. The molecule has 2 heterocycles. The zero-order valence-corrected chi connectivity index (χ0v) is 13.1. The molecule has 0 saturated heterocycles. The summed E-state index contributed by atoms with van der Waals surface area (Å²) < 4.78 is 14.3. The average molecular weight is 325 g/mol. The van der Waals surface area contributed by atoms with Gasteiger partial charge < -0.3 is 14.9 Å². The molecule has 2 aliphatic rings. The molecule has 6 heteroatoms. The first kappa shape index (κ1) is 14.8. The predicted molar refractivity (Wildman–Crippen MR) is 90.1 cm³/mol. The van der Waals surface area contributed by atoms with Gasteiger partial charge in [0.25, 0.3) is 5.91 Å². The van der Waals surface area contributed by atoms with Gasteiger partial charge in [0, 0.05) is 31.3 Å². The van der Waals surface area contributed by atoms with Crippen LogP contribution < -0.4 is 9.80 Å². The number of benzene rings is 2. The molecule has 0 saturated carbocycles. The third-order valence-corrected chi connectivity index (χ3v) is 4.48. The van der Waals surface area contributed by atoms with E-state index in [0.717, 1.165) is 5.69 Å². The van der Waals surface area contributed by atoms with E-state index >= 15 is 0 Å². The van der Waals surface area contributed by atoms with Crippen LogP contribution in [0.3, 0.4) is 0 Å². The molecule has 1 unspecified atom stereocenters. The molecule has 0 bridgehead atoms. The lowest BCUT2D eigenvalue weighted by Gasteiger charge is -2.36. The van der Waals surface area contributed by atoms with E-state index in [4.69, 9.17) is 0 Å². The number of aliphatic hydroxyl groups excluding tert-OH is 1. The summed E-state index contributed by atoms with van der Waals surface area (Å²) in [4.78, 5) is 20.3. The maximum absolute atomic E-state index is 14.3. The van der Waals surface area contributed by atoms with Crippen LogP contribution in [0.15, 0.2) is 47.5 Å². The Balaban J connectivity index is 2.02. The molecule has 2 aromatic rings. The van der Waals surface area contributed by atoms with Crippen LogP contribution in [-0.2, 0) is 4.79 Å². The minimum atomic E-state index is -1.54. The standard InChI is InChI=1S/C18H16FN3O2/c1-21-9-10-22-16-12(6-4-8-14(16)21)15(20-17(23)18(22)24)11-5-2-3-7-13(11)19/h2-8,17,23H,9-10H2,1H3. The number of para-hydroxylation sites is 1. The van der Waals surface area contributed by atoms with Crippen molar-refractivity contribution >= 4 is 23.0 Å². The van der Waals surface area contributed by atoms with Gasteiger partial charge in [-0.15, -0.1) is 0 Å². The van der Waals surface area contributed by atoms with Crippen LogP contribution in [0.1, 0.15) is 11.1 Å². The Morgan fingerprint density at radius 1 is 1.12 bits per heavy atom. The minimum Gasteiger partial charge on any atom is -0.371 e. The van der Waals surface area contributed by atoms with Crippen molar-refractivity contribution < 1.29 is 14.3 Å². The summed E-state index contributed by atoms with van der Waals surface area (Å²) in [6.07, 6.45) is -1.54. The first-order valence-corrected chi connectivity index (χ1v) is 7.74. The van der Waals surface area contributed by atoms with Crippen LogP contribution in [0.25, 0.3) is 0 Å². The van der Waals surface area contributed by atoms with E-state index in [1.165, 1.54) is 6.07 Å². The second kappa shape index (κ2) is 5.42. The van der Waals surface area contributed by atoms with Gasteiger partial charge in [0.15, 0.2) is 0 Å². The Kier molecular flexibility index (Phi) is 3.35. The molecule has 0 radical (unpaired) electrons. The molecule has 1 N–H and O–H groups in total. The Labute approximate surface area is 138 Å². The van der Waals surface area contributed by atoms with Crippen molar-refractivity contribution in [1.82, 2.24) is 0 Å². The molecular formula is C18H16FN3O2. The summed E-state index contributed by atoms with van der Waals surface area (Å²) in [5.41, 5.74) is 2.76. The summed E-state index contributed by atoms with van der Waals surface area (Å²) >= 11 is 0. The molecule has 4 rings (SSSR count). The van der Waals surface area contributed by atoms with Crippen LogP contribution in [0.2, 0.25) is 0 Å². The first-order chi connectivity index (χ1) is 11.6.